The van der Waals surface area contributed by atoms with E-state index in [4.69, 9.17) is 22.1 Å². The van der Waals surface area contributed by atoms with Crippen molar-refractivity contribution in [3.63, 3.8) is 0 Å². The van der Waals surface area contributed by atoms with Gasteiger partial charge in [-0.05, 0) is 32.9 Å². The minimum Gasteiger partial charge on any atom is -0.444 e. The number of pyridine rings is 1. The van der Waals surface area contributed by atoms with E-state index in [0.717, 1.165) is 10.9 Å². The fourth-order valence-corrected chi connectivity index (χ4v) is 2.27. The molecule has 1 unspecified atom stereocenters. The van der Waals surface area contributed by atoms with Crippen molar-refractivity contribution in [1.29, 1.82) is 0 Å². The molecule has 0 bridgehead atoms. The molecule has 0 radical (unpaired) electrons. The number of alkyl carbamates (subject to hydrolysis) is 1. The molecule has 5 nitrogen and oxygen atoms in total. The van der Waals surface area contributed by atoms with E-state index in [1.165, 1.54) is 0 Å². The summed E-state index contributed by atoms with van der Waals surface area (Å²) in [6.07, 6.45) is -0.507. The largest absolute Gasteiger partial charge is 0.444 e. The van der Waals surface area contributed by atoms with E-state index < -0.39 is 17.7 Å². The van der Waals surface area contributed by atoms with E-state index >= 15 is 0 Å². The molecular formula is C16H20ClN3O2. The molecule has 0 saturated carbocycles. The summed E-state index contributed by atoms with van der Waals surface area (Å²) in [6.45, 7) is 5.62. The zero-order chi connectivity index (χ0) is 16.3. The first kappa shape index (κ1) is 16.5. The van der Waals surface area contributed by atoms with Gasteiger partial charge in [0.2, 0.25) is 0 Å². The Kier molecular flexibility index (Phi) is 4.88. The summed E-state index contributed by atoms with van der Waals surface area (Å²) in [5, 5.41) is 3.94. The summed E-state index contributed by atoms with van der Waals surface area (Å²) < 4.78 is 5.17. The molecule has 0 aliphatic rings. The summed E-state index contributed by atoms with van der Waals surface area (Å²) in [6, 6.07) is 9.08. The number of ether oxygens (including phenoxy) is 1. The summed E-state index contributed by atoms with van der Waals surface area (Å²) in [7, 11) is 0. The van der Waals surface area contributed by atoms with Gasteiger partial charge < -0.3 is 15.8 Å². The minimum absolute atomic E-state index is 0.217. The number of amides is 1. The van der Waals surface area contributed by atoms with Crippen molar-refractivity contribution >= 4 is 28.6 Å². The number of nitrogens with zero attached hydrogens (tertiary/aromatic N) is 1. The zero-order valence-electron chi connectivity index (χ0n) is 12.9. The lowest BCUT2D eigenvalue weighted by Crippen LogP contribution is -2.36. The number of halogens is 1. The number of aromatic nitrogens is 1. The number of hydrogen-bond donors (Lipinski definition) is 2. The highest BCUT2D eigenvalue weighted by Crippen LogP contribution is 2.24. The standard InChI is InChI=1S/C16H20ClN3O2/c1-16(2,3)22-15(21)19-9-12(18)11-8-10-6-4-5-7-13(10)20-14(11)17/h4-8,12H,9,18H2,1-3H3,(H,19,21). The van der Waals surface area contributed by atoms with Crippen LogP contribution < -0.4 is 11.1 Å². The predicted octanol–water partition coefficient (Wildman–Crippen LogP) is 3.41. The Balaban J connectivity index is 2.08. The number of nitrogens with one attached hydrogen (secondary N) is 1. The molecule has 1 aromatic carbocycles. The monoisotopic (exact) mass is 321 g/mol. The third-order valence-corrected chi connectivity index (χ3v) is 3.27. The van der Waals surface area contributed by atoms with Crippen LogP contribution in [-0.4, -0.2) is 23.2 Å². The summed E-state index contributed by atoms with van der Waals surface area (Å²) in [4.78, 5) is 16.0. The SMILES string of the molecule is CC(C)(C)OC(=O)NCC(N)c1cc2ccccc2nc1Cl. The molecule has 1 heterocycles. The minimum atomic E-state index is -0.545. The molecule has 0 aliphatic carbocycles. The van der Waals surface area contributed by atoms with Gasteiger partial charge >= 0.3 is 6.09 Å². The second kappa shape index (κ2) is 6.50. The smallest absolute Gasteiger partial charge is 0.407 e. The molecule has 6 heteroatoms. The van der Waals surface area contributed by atoms with Crippen molar-refractivity contribution in [1.82, 2.24) is 10.3 Å². The van der Waals surface area contributed by atoms with Gasteiger partial charge in [-0.2, -0.15) is 0 Å². The van der Waals surface area contributed by atoms with Gasteiger partial charge in [0.1, 0.15) is 10.8 Å². The molecule has 2 rings (SSSR count). The van der Waals surface area contributed by atoms with Crippen molar-refractivity contribution in [3.05, 3.63) is 41.0 Å². The van der Waals surface area contributed by atoms with Gasteiger partial charge in [-0.3, -0.25) is 0 Å². The maximum atomic E-state index is 11.7. The molecule has 2 aromatic rings. The van der Waals surface area contributed by atoms with Crippen molar-refractivity contribution < 1.29 is 9.53 Å². The first-order valence-corrected chi connectivity index (χ1v) is 7.42. The Morgan fingerprint density at radius 2 is 2.09 bits per heavy atom. The molecule has 0 fully saturated rings. The first-order chi connectivity index (χ1) is 10.3. The van der Waals surface area contributed by atoms with Crippen LogP contribution in [0, 0.1) is 0 Å². The molecular weight excluding hydrogens is 302 g/mol. The number of nitrogens with two attached hydrogens (primary N) is 1. The predicted molar refractivity (Wildman–Crippen MR) is 87.9 cm³/mol. The van der Waals surface area contributed by atoms with Crippen molar-refractivity contribution in [2.75, 3.05) is 6.54 Å². The van der Waals surface area contributed by atoms with E-state index in [2.05, 4.69) is 10.3 Å². The Labute approximate surface area is 134 Å². The van der Waals surface area contributed by atoms with E-state index in [-0.39, 0.29) is 6.54 Å². The van der Waals surface area contributed by atoms with Crippen LogP contribution in [0.2, 0.25) is 5.15 Å². The number of rotatable bonds is 3. The fraction of sp³-hybridized carbons (Fsp3) is 0.375. The number of hydrogen-bond acceptors (Lipinski definition) is 4. The van der Waals surface area contributed by atoms with Crippen molar-refractivity contribution in [2.24, 2.45) is 5.73 Å². The van der Waals surface area contributed by atoms with Gasteiger partial charge in [-0.15, -0.1) is 0 Å². The summed E-state index contributed by atoms with van der Waals surface area (Å²) in [5.74, 6) is 0. The highest BCUT2D eigenvalue weighted by atomic mass is 35.5. The normalized spacial score (nSPS) is 13.0. The second-order valence-electron chi connectivity index (χ2n) is 6.05. The fourth-order valence-electron chi connectivity index (χ4n) is 1.99. The molecule has 1 aromatic heterocycles. The van der Waals surface area contributed by atoms with Crippen LogP contribution in [0.5, 0.6) is 0 Å². The van der Waals surface area contributed by atoms with Crippen LogP contribution in [0.3, 0.4) is 0 Å². The van der Waals surface area contributed by atoms with Crippen LogP contribution in [-0.2, 0) is 4.74 Å². The quantitative estimate of drug-likeness (QED) is 0.849. The van der Waals surface area contributed by atoms with Gasteiger partial charge in [0.25, 0.3) is 0 Å². The van der Waals surface area contributed by atoms with E-state index in [0.29, 0.717) is 10.7 Å². The number of para-hydroxylation sites is 1. The topological polar surface area (TPSA) is 77.2 Å². The molecule has 22 heavy (non-hydrogen) atoms. The second-order valence-corrected chi connectivity index (χ2v) is 6.41. The average Bonchev–Trinajstić information content (AvgIpc) is 2.42. The molecule has 1 atom stereocenters. The van der Waals surface area contributed by atoms with Crippen LogP contribution >= 0.6 is 11.6 Å². The van der Waals surface area contributed by atoms with Crippen molar-refractivity contribution in [2.45, 2.75) is 32.4 Å². The van der Waals surface area contributed by atoms with Crippen LogP contribution in [0.25, 0.3) is 10.9 Å². The van der Waals surface area contributed by atoms with Gasteiger partial charge in [0.15, 0.2) is 0 Å². The van der Waals surface area contributed by atoms with E-state index in [9.17, 15) is 4.79 Å². The number of carbonyl (C=O) groups is 1. The Morgan fingerprint density at radius 3 is 2.77 bits per heavy atom. The van der Waals surface area contributed by atoms with Crippen molar-refractivity contribution in [3.8, 4) is 0 Å². The number of fused-ring (bicyclic) bond motifs is 1. The number of carbonyl (C=O) groups excluding carboxylic acids is 1. The molecule has 118 valence electrons. The molecule has 0 spiro atoms. The van der Waals surface area contributed by atoms with E-state index in [1.54, 1.807) is 20.8 Å². The molecule has 3 N–H and O–H groups in total. The van der Waals surface area contributed by atoms with Crippen LogP contribution in [0.15, 0.2) is 30.3 Å². The Bertz CT molecular complexity index is 683. The van der Waals surface area contributed by atoms with Gasteiger partial charge in [0, 0.05) is 17.5 Å². The summed E-state index contributed by atoms with van der Waals surface area (Å²) in [5.41, 5.74) is 7.06. The maximum Gasteiger partial charge on any atom is 0.407 e. The molecule has 0 saturated heterocycles. The third-order valence-electron chi connectivity index (χ3n) is 2.97. The Hall–Kier alpha value is -1.85. The van der Waals surface area contributed by atoms with Crippen LogP contribution in [0.1, 0.15) is 32.4 Å². The average molecular weight is 322 g/mol. The van der Waals surface area contributed by atoms with Gasteiger partial charge in [-0.1, -0.05) is 29.8 Å². The highest BCUT2D eigenvalue weighted by Gasteiger charge is 2.18. The lowest BCUT2D eigenvalue weighted by molar-refractivity contribution is 0.0524. The lowest BCUT2D eigenvalue weighted by Gasteiger charge is -2.21. The maximum absolute atomic E-state index is 11.7. The molecule has 1 amide bonds. The number of benzene rings is 1. The lowest BCUT2D eigenvalue weighted by atomic mass is 10.1. The molecule has 0 aliphatic heterocycles. The van der Waals surface area contributed by atoms with Gasteiger partial charge in [-0.25, -0.2) is 9.78 Å². The third kappa shape index (κ3) is 4.32. The summed E-state index contributed by atoms with van der Waals surface area (Å²) >= 11 is 6.18. The zero-order valence-corrected chi connectivity index (χ0v) is 13.6. The Morgan fingerprint density at radius 1 is 1.41 bits per heavy atom. The first-order valence-electron chi connectivity index (χ1n) is 7.04. The highest BCUT2D eigenvalue weighted by molar-refractivity contribution is 6.30. The van der Waals surface area contributed by atoms with Gasteiger partial charge in [0.05, 0.1) is 11.6 Å². The van der Waals surface area contributed by atoms with E-state index in [1.807, 2.05) is 30.3 Å². The van der Waals surface area contributed by atoms with Crippen LogP contribution in [0.4, 0.5) is 4.79 Å².